The largest absolute Gasteiger partial charge is 0.493 e. The lowest BCUT2D eigenvalue weighted by Gasteiger charge is -2.21. The Labute approximate surface area is 147 Å². The first kappa shape index (κ1) is 18.8. The van der Waals surface area contributed by atoms with Crippen LogP contribution in [-0.4, -0.2) is 53.5 Å². The second kappa shape index (κ2) is 9.05. The number of carboxylic acids is 1. The first-order valence-electron chi connectivity index (χ1n) is 8.57. The number of carbonyl (C=O) groups is 3. The molecule has 2 rings (SSSR count). The molecule has 1 aliphatic rings. The maximum atomic E-state index is 12.2. The van der Waals surface area contributed by atoms with E-state index in [1.54, 1.807) is 24.3 Å². The van der Waals surface area contributed by atoms with Crippen molar-refractivity contribution in [1.29, 1.82) is 0 Å². The zero-order valence-electron chi connectivity index (χ0n) is 14.4. The van der Waals surface area contributed by atoms with Crippen LogP contribution in [0.5, 0.6) is 5.75 Å². The van der Waals surface area contributed by atoms with Crippen LogP contribution in [0.15, 0.2) is 24.3 Å². The molecule has 1 aromatic carbocycles. The van der Waals surface area contributed by atoms with E-state index >= 15 is 0 Å². The number of amides is 2. The molecule has 7 nitrogen and oxygen atoms in total. The zero-order chi connectivity index (χ0) is 18.2. The van der Waals surface area contributed by atoms with Gasteiger partial charge in [-0.25, -0.2) is 4.79 Å². The first-order valence-corrected chi connectivity index (χ1v) is 8.57. The van der Waals surface area contributed by atoms with Crippen molar-refractivity contribution in [1.82, 2.24) is 10.2 Å². The number of rotatable bonds is 8. The van der Waals surface area contributed by atoms with Crippen LogP contribution in [0.2, 0.25) is 0 Å². The Kier molecular flexibility index (Phi) is 6.80. The van der Waals surface area contributed by atoms with Gasteiger partial charge in [-0.2, -0.15) is 0 Å². The molecule has 1 aromatic rings. The lowest BCUT2D eigenvalue weighted by molar-refractivity contribution is -0.148. The highest BCUT2D eigenvalue weighted by Gasteiger charge is 2.33. The minimum atomic E-state index is -0.952. The number of nitrogens with zero attached hydrogens (tertiary/aromatic N) is 1. The Bertz CT molecular complexity index is 632. The molecule has 0 aliphatic carbocycles. The molecule has 1 atom stereocenters. The monoisotopic (exact) mass is 348 g/mol. The van der Waals surface area contributed by atoms with Gasteiger partial charge in [0.2, 0.25) is 5.91 Å². The Balaban J connectivity index is 1.78. The van der Waals surface area contributed by atoms with Gasteiger partial charge in [-0.3, -0.25) is 9.59 Å². The third kappa shape index (κ3) is 4.95. The zero-order valence-corrected chi connectivity index (χ0v) is 14.4. The molecule has 1 saturated heterocycles. The molecule has 0 bridgehead atoms. The maximum Gasteiger partial charge on any atom is 0.326 e. The van der Waals surface area contributed by atoms with Crippen molar-refractivity contribution in [3.8, 4) is 5.75 Å². The Morgan fingerprint density at radius 2 is 2.08 bits per heavy atom. The van der Waals surface area contributed by atoms with E-state index in [2.05, 4.69) is 5.32 Å². The van der Waals surface area contributed by atoms with E-state index in [0.717, 1.165) is 0 Å². The number of aliphatic carboxylic acids is 1. The Hall–Kier alpha value is -2.57. The topological polar surface area (TPSA) is 95.9 Å². The lowest BCUT2D eigenvalue weighted by Crippen LogP contribution is -2.40. The van der Waals surface area contributed by atoms with E-state index in [0.29, 0.717) is 50.3 Å². The number of para-hydroxylation sites is 1. The molecule has 0 radical (unpaired) electrons. The van der Waals surface area contributed by atoms with Crippen molar-refractivity contribution in [2.75, 3.05) is 19.7 Å². The minimum absolute atomic E-state index is 0.172. The van der Waals surface area contributed by atoms with Crippen LogP contribution in [0.25, 0.3) is 0 Å². The van der Waals surface area contributed by atoms with Gasteiger partial charge >= 0.3 is 5.97 Å². The van der Waals surface area contributed by atoms with Crippen LogP contribution in [-0.2, 0) is 9.59 Å². The summed E-state index contributed by atoms with van der Waals surface area (Å²) in [5.74, 6) is -0.846. The van der Waals surface area contributed by atoms with Gasteiger partial charge in [0, 0.05) is 19.5 Å². The van der Waals surface area contributed by atoms with E-state index in [4.69, 9.17) is 9.84 Å². The van der Waals surface area contributed by atoms with Gasteiger partial charge < -0.3 is 20.1 Å². The highest BCUT2D eigenvalue weighted by Crippen LogP contribution is 2.19. The smallest absolute Gasteiger partial charge is 0.326 e. The molecule has 0 unspecified atom stereocenters. The van der Waals surface area contributed by atoms with Gasteiger partial charge in [0.25, 0.3) is 5.91 Å². The molecule has 1 heterocycles. The van der Waals surface area contributed by atoms with Crippen molar-refractivity contribution >= 4 is 17.8 Å². The van der Waals surface area contributed by atoms with Crippen molar-refractivity contribution < 1.29 is 24.2 Å². The summed E-state index contributed by atoms with van der Waals surface area (Å²) in [6.07, 6.45) is 1.90. The summed E-state index contributed by atoms with van der Waals surface area (Å²) in [6.45, 7) is 3.16. The minimum Gasteiger partial charge on any atom is -0.493 e. The number of hydrogen-bond donors (Lipinski definition) is 2. The summed E-state index contributed by atoms with van der Waals surface area (Å²) in [6, 6.07) is 6.28. The Morgan fingerprint density at radius 1 is 1.32 bits per heavy atom. The maximum absolute atomic E-state index is 12.2. The second-order valence-corrected chi connectivity index (χ2v) is 5.87. The van der Waals surface area contributed by atoms with E-state index in [-0.39, 0.29) is 18.2 Å². The fourth-order valence-electron chi connectivity index (χ4n) is 2.94. The summed E-state index contributed by atoms with van der Waals surface area (Å²) in [5, 5.41) is 11.9. The summed E-state index contributed by atoms with van der Waals surface area (Å²) in [7, 11) is 0. The van der Waals surface area contributed by atoms with Crippen molar-refractivity contribution in [2.24, 2.45) is 0 Å². The molecule has 25 heavy (non-hydrogen) atoms. The van der Waals surface area contributed by atoms with Gasteiger partial charge in [0.1, 0.15) is 11.8 Å². The fraction of sp³-hybridized carbons (Fsp3) is 0.500. The van der Waals surface area contributed by atoms with Crippen LogP contribution in [0, 0.1) is 0 Å². The third-order valence-electron chi connectivity index (χ3n) is 4.14. The van der Waals surface area contributed by atoms with E-state index < -0.39 is 12.0 Å². The van der Waals surface area contributed by atoms with Crippen molar-refractivity contribution in [3.63, 3.8) is 0 Å². The number of likely N-dealkylation sites (tertiary alicyclic amines) is 1. The molecule has 2 N–H and O–H groups in total. The SMILES string of the molecule is CCOc1ccccc1C(=O)NCCCC(=O)N1CCC[C@@H]1C(=O)O. The fourth-order valence-corrected chi connectivity index (χ4v) is 2.94. The molecule has 7 heteroatoms. The molecule has 136 valence electrons. The first-order chi connectivity index (χ1) is 12.0. The van der Waals surface area contributed by atoms with Gasteiger partial charge in [0.15, 0.2) is 0 Å². The number of carboxylic acid groups (broad SMARTS) is 1. The predicted molar refractivity (Wildman–Crippen MR) is 91.5 cm³/mol. The average molecular weight is 348 g/mol. The highest BCUT2D eigenvalue weighted by atomic mass is 16.5. The van der Waals surface area contributed by atoms with Crippen molar-refractivity contribution in [3.05, 3.63) is 29.8 Å². The molecule has 1 aliphatic heterocycles. The van der Waals surface area contributed by atoms with Crippen LogP contribution >= 0.6 is 0 Å². The normalized spacial score (nSPS) is 16.5. The van der Waals surface area contributed by atoms with Crippen LogP contribution < -0.4 is 10.1 Å². The lowest BCUT2D eigenvalue weighted by atomic mass is 10.2. The Morgan fingerprint density at radius 3 is 2.80 bits per heavy atom. The molecule has 0 saturated carbocycles. The quantitative estimate of drug-likeness (QED) is 0.697. The van der Waals surface area contributed by atoms with Crippen LogP contribution in [0.1, 0.15) is 43.0 Å². The molecule has 2 amide bonds. The number of carbonyl (C=O) groups excluding carboxylic acids is 2. The number of ether oxygens (including phenoxy) is 1. The highest BCUT2D eigenvalue weighted by molar-refractivity contribution is 5.96. The summed E-state index contributed by atoms with van der Waals surface area (Å²) >= 11 is 0. The van der Waals surface area contributed by atoms with Gasteiger partial charge in [-0.05, 0) is 38.3 Å². The van der Waals surface area contributed by atoms with E-state index in [1.807, 2.05) is 6.92 Å². The molecule has 1 fully saturated rings. The molecular formula is C18H24N2O5. The number of benzene rings is 1. The molecule has 0 spiro atoms. The van der Waals surface area contributed by atoms with Gasteiger partial charge in [-0.1, -0.05) is 12.1 Å². The van der Waals surface area contributed by atoms with Crippen LogP contribution in [0.3, 0.4) is 0 Å². The van der Waals surface area contributed by atoms with Gasteiger partial charge in [0.05, 0.1) is 12.2 Å². The summed E-state index contributed by atoms with van der Waals surface area (Å²) in [5.41, 5.74) is 0.459. The van der Waals surface area contributed by atoms with E-state index in [1.165, 1.54) is 4.90 Å². The standard InChI is InChI=1S/C18H24N2O5/c1-2-25-15-9-4-3-7-13(15)17(22)19-11-5-10-16(21)20-12-6-8-14(20)18(23)24/h3-4,7,9,14H,2,5-6,8,10-12H2,1H3,(H,19,22)(H,23,24)/t14-/m1/s1. The van der Waals surface area contributed by atoms with Crippen molar-refractivity contribution in [2.45, 2.75) is 38.6 Å². The third-order valence-corrected chi connectivity index (χ3v) is 4.14. The van der Waals surface area contributed by atoms with Crippen LogP contribution in [0.4, 0.5) is 0 Å². The summed E-state index contributed by atoms with van der Waals surface area (Å²) in [4.78, 5) is 36.9. The second-order valence-electron chi connectivity index (χ2n) is 5.87. The molecular weight excluding hydrogens is 324 g/mol. The number of nitrogens with one attached hydrogen (secondary N) is 1. The average Bonchev–Trinajstić information content (AvgIpc) is 3.09. The number of hydrogen-bond acceptors (Lipinski definition) is 4. The van der Waals surface area contributed by atoms with E-state index in [9.17, 15) is 14.4 Å². The predicted octanol–water partition coefficient (Wildman–Crippen LogP) is 1.67. The van der Waals surface area contributed by atoms with Gasteiger partial charge in [-0.15, -0.1) is 0 Å². The molecule has 0 aromatic heterocycles. The summed E-state index contributed by atoms with van der Waals surface area (Å²) < 4.78 is 5.43.